The van der Waals surface area contributed by atoms with E-state index in [-0.39, 0.29) is 6.42 Å². The van der Waals surface area contributed by atoms with Gasteiger partial charge in [-0.1, -0.05) is 12.5 Å². The van der Waals surface area contributed by atoms with E-state index in [2.05, 4.69) is 22.5 Å². The van der Waals surface area contributed by atoms with E-state index in [0.29, 0.717) is 25.8 Å². The standard InChI is InChI=1S/C42H72N4O26/c1-4-19(53)18(46-25(56)8-6-5-7-9-43)15-65-39-32(61)31(60)34(23(13-49)67-39)69-40-33(62)37(35(24(14-50)68-40)70-38-27(45-17(3)52)30(59)29(58)22(12-48)66-38)72-42(41(63)64)10-20(54)26(44-16(2)51)36(71-42)28(57)21(55)11-47/h4,18-24,26-40,47-50,53-55,57-62H,1,5-15,43H2,2-3H3,(H,44,51)(H,45,52)(H,46,56)(H,63,64)/t18-,19+,20-,21+,22+,23+,24+,26+,27+,28+,29-,30+,31+,32+,33+,34+,35-,36+,37+,38-,39+,40-,42-/m0/s1. The predicted octanol–water partition coefficient (Wildman–Crippen LogP) is -9.68. The van der Waals surface area contributed by atoms with Gasteiger partial charge in [-0.25, -0.2) is 4.79 Å². The second-order valence-corrected chi connectivity index (χ2v) is 17.9. The third kappa shape index (κ3) is 15.0. The number of unbranched alkanes of at least 4 members (excludes halogenated alkanes) is 2. The molecule has 0 spiro atoms. The molecule has 72 heavy (non-hydrogen) atoms. The predicted molar refractivity (Wildman–Crippen MR) is 234 cm³/mol. The van der Waals surface area contributed by atoms with Gasteiger partial charge in [0.2, 0.25) is 17.7 Å². The maximum Gasteiger partial charge on any atom is 0.364 e. The minimum atomic E-state index is -3.28. The van der Waals surface area contributed by atoms with Gasteiger partial charge in [0, 0.05) is 26.7 Å². The van der Waals surface area contributed by atoms with Crippen LogP contribution in [-0.4, -0.2) is 275 Å². The van der Waals surface area contributed by atoms with Crippen LogP contribution in [0.1, 0.15) is 46.0 Å². The summed E-state index contributed by atoms with van der Waals surface area (Å²) in [5.74, 6) is -7.50. The average Bonchev–Trinajstić information content (AvgIpc) is 3.34. The fraction of sp³-hybridized carbons (Fsp3) is 0.857. The van der Waals surface area contributed by atoms with Crippen molar-refractivity contribution >= 4 is 23.7 Å². The number of aliphatic hydroxyl groups excluding tert-OH is 13. The highest BCUT2D eigenvalue weighted by atomic mass is 16.8. The second-order valence-electron chi connectivity index (χ2n) is 17.9. The van der Waals surface area contributed by atoms with Crippen LogP contribution in [0.5, 0.6) is 0 Å². The number of nitrogens with one attached hydrogen (secondary N) is 3. The summed E-state index contributed by atoms with van der Waals surface area (Å²) in [5, 5.41) is 159. The highest BCUT2D eigenvalue weighted by molar-refractivity contribution is 5.77. The number of carboxylic acids is 1. The number of carbonyl (C=O) groups is 4. The Morgan fingerprint density at radius 2 is 1.32 bits per heavy atom. The summed E-state index contributed by atoms with van der Waals surface area (Å²) < 4.78 is 46.7. The molecule has 23 atom stereocenters. The Bertz CT molecular complexity index is 1740. The smallest absolute Gasteiger partial charge is 0.364 e. The SMILES string of the molecule is C=C[C@@H](O)[C@H](CO[C@@H]1O[C@H](CO)[C@@H](O[C@@H]2O[C@H](CO)[C@H](O[C@@H]3O[C@H](CO)[C@H](O)[C@H](O)[C@H]3NC(C)=O)[C@H](O[C@]3(C(=O)O)C[C@H](O)[C@@H](NC(C)=O)[C@H]([C@H](O)[C@H](O)CO)O3)[C@H]2O)[C@H](O)[C@H]1O)NC(=O)CCCCCN. The zero-order valence-electron chi connectivity index (χ0n) is 39.5. The first-order chi connectivity index (χ1) is 34.0. The highest BCUT2D eigenvalue weighted by Gasteiger charge is 2.61. The van der Waals surface area contributed by atoms with Gasteiger partial charge in [0.25, 0.3) is 5.79 Å². The molecule has 19 N–H and O–H groups in total. The Hall–Kier alpha value is -3.26. The Morgan fingerprint density at radius 3 is 1.89 bits per heavy atom. The van der Waals surface area contributed by atoms with Crippen LogP contribution in [0.2, 0.25) is 0 Å². The molecule has 416 valence electrons. The summed E-state index contributed by atoms with van der Waals surface area (Å²) in [4.78, 5) is 50.5. The topological polar surface area (TPSA) is 487 Å². The van der Waals surface area contributed by atoms with Gasteiger partial charge < -0.3 is 131 Å². The summed E-state index contributed by atoms with van der Waals surface area (Å²) >= 11 is 0. The molecule has 0 aliphatic carbocycles. The average molecular weight is 1050 g/mol. The monoisotopic (exact) mass is 1050 g/mol. The number of amides is 3. The van der Waals surface area contributed by atoms with Crippen molar-refractivity contribution in [2.75, 3.05) is 39.6 Å². The lowest BCUT2D eigenvalue weighted by Crippen LogP contribution is -2.72. The molecule has 4 fully saturated rings. The zero-order chi connectivity index (χ0) is 53.8. The molecule has 4 aliphatic heterocycles. The molecule has 0 unspecified atom stereocenters. The van der Waals surface area contributed by atoms with E-state index in [4.69, 9.17) is 43.6 Å². The van der Waals surface area contributed by atoms with E-state index in [0.717, 1.165) is 19.9 Å². The number of hydrogen-bond donors (Lipinski definition) is 18. The quantitative estimate of drug-likeness (QED) is 0.0282. The van der Waals surface area contributed by atoms with Gasteiger partial charge >= 0.3 is 5.97 Å². The first-order valence-electron chi connectivity index (χ1n) is 23.2. The molecule has 30 nitrogen and oxygen atoms in total. The van der Waals surface area contributed by atoms with E-state index in [1.807, 2.05) is 0 Å². The van der Waals surface area contributed by atoms with Gasteiger partial charge in [-0.3, -0.25) is 14.4 Å². The molecule has 30 heteroatoms. The number of ether oxygens (including phenoxy) is 8. The molecule has 0 bridgehead atoms. The molecule has 0 aromatic heterocycles. The van der Waals surface area contributed by atoms with Crippen molar-refractivity contribution in [1.29, 1.82) is 0 Å². The van der Waals surface area contributed by atoms with Gasteiger partial charge in [0.15, 0.2) is 18.9 Å². The first-order valence-corrected chi connectivity index (χ1v) is 23.2. The maximum absolute atomic E-state index is 13.4. The molecule has 0 aromatic carbocycles. The molecule has 4 aliphatic rings. The number of nitrogens with two attached hydrogens (primary N) is 1. The van der Waals surface area contributed by atoms with Gasteiger partial charge in [0.05, 0.1) is 57.3 Å². The van der Waals surface area contributed by atoms with Gasteiger partial charge in [-0.05, 0) is 19.4 Å². The van der Waals surface area contributed by atoms with Crippen molar-refractivity contribution in [3.63, 3.8) is 0 Å². The molecule has 0 radical (unpaired) electrons. The summed E-state index contributed by atoms with van der Waals surface area (Å²) in [6, 6.07) is -4.57. The summed E-state index contributed by atoms with van der Waals surface area (Å²) in [6.07, 6.45) is -36.1. The molecular weight excluding hydrogens is 976 g/mol. The fourth-order valence-electron chi connectivity index (χ4n) is 8.65. The van der Waals surface area contributed by atoms with Crippen LogP contribution in [0.4, 0.5) is 0 Å². The van der Waals surface area contributed by atoms with Crippen LogP contribution in [0.25, 0.3) is 0 Å². The van der Waals surface area contributed by atoms with Crippen LogP contribution >= 0.6 is 0 Å². The van der Waals surface area contributed by atoms with Crippen LogP contribution in [0, 0.1) is 0 Å². The summed E-state index contributed by atoms with van der Waals surface area (Å²) in [6.45, 7) is 1.10. The maximum atomic E-state index is 13.4. The van der Waals surface area contributed by atoms with Crippen molar-refractivity contribution in [2.24, 2.45) is 5.73 Å². The zero-order valence-corrected chi connectivity index (χ0v) is 39.5. The molecular formula is C42H72N4O26. The molecule has 4 saturated heterocycles. The summed E-state index contributed by atoms with van der Waals surface area (Å²) in [7, 11) is 0. The summed E-state index contributed by atoms with van der Waals surface area (Å²) in [5.41, 5.74) is 5.50. The molecule has 4 rings (SSSR count). The third-order valence-electron chi connectivity index (χ3n) is 12.5. The number of carbonyl (C=O) groups excluding carboxylic acids is 3. The number of carboxylic acid groups (broad SMARTS) is 1. The van der Waals surface area contributed by atoms with Crippen molar-refractivity contribution < 1.29 is 129 Å². The van der Waals surface area contributed by atoms with Crippen LogP contribution < -0.4 is 21.7 Å². The largest absolute Gasteiger partial charge is 0.477 e. The van der Waals surface area contributed by atoms with Gasteiger partial charge in [0.1, 0.15) is 91.5 Å². The van der Waals surface area contributed by atoms with E-state index < -0.39 is 204 Å². The number of aliphatic hydroxyl groups is 13. The Kier molecular flexibility index (Phi) is 23.9. The van der Waals surface area contributed by atoms with Crippen molar-refractivity contribution in [1.82, 2.24) is 16.0 Å². The Balaban J connectivity index is 1.72. The lowest BCUT2D eigenvalue weighted by atomic mass is 9.88. The molecule has 4 heterocycles. The van der Waals surface area contributed by atoms with Crippen LogP contribution in [0.15, 0.2) is 12.7 Å². The van der Waals surface area contributed by atoms with Crippen molar-refractivity contribution in [3.8, 4) is 0 Å². The lowest BCUT2D eigenvalue weighted by Gasteiger charge is -2.52. The highest BCUT2D eigenvalue weighted by Crippen LogP contribution is 2.40. The van der Waals surface area contributed by atoms with E-state index in [9.17, 15) is 90.7 Å². The first kappa shape index (κ1) is 61.3. The number of aliphatic carboxylic acids is 1. The van der Waals surface area contributed by atoms with Crippen LogP contribution in [-0.2, 0) is 57.1 Å². The minimum Gasteiger partial charge on any atom is -0.477 e. The third-order valence-corrected chi connectivity index (χ3v) is 12.5. The van der Waals surface area contributed by atoms with E-state index in [1.54, 1.807) is 0 Å². The normalized spacial score (nSPS) is 38.9. The number of rotatable bonds is 26. The van der Waals surface area contributed by atoms with Gasteiger partial charge in [-0.15, -0.1) is 6.58 Å². The van der Waals surface area contributed by atoms with E-state index in [1.165, 1.54) is 0 Å². The van der Waals surface area contributed by atoms with Gasteiger partial charge in [-0.2, -0.15) is 0 Å². The van der Waals surface area contributed by atoms with E-state index >= 15 is 0 Å². The second kappa shape index (κ2) is 28.0. The van der Waals surface area contributed by atoms with Crippen LogP contribution in [0.3, 0.4) is 0 Å². The lowest BCUT2D eigenvalue weighted by molar-refractivity contribution is -0.401. The Labute approximate surface area is 412 Å². The molecule has 0 aromatic rings. The Morgan fingerprint density at radius 1 is 0.736 bits per heavy atom. The van der Waals surface area contributed by atoms with Crippen molar-refractivity contribution in [3.05, 3.63) is 12.7 Å². The van der Waals surface area contributed by atoms with Crippen molar-refractivity contribution in [2.45, 2.75) is 186 Å². The molecule has 3 amide bonds. The minimum absolute atomic E-state index is 0.0748. The fourth-order valence-corrected chi connectivity index (χ4v) is 8.65. The number of hydrogen-bond acceptors (Lipinski definition) is 26. The molecule has 0 saturated carbocycles.